The Morgan fingerprint density at radius 1 is 1.14 bits per heavy atom. The van der Waals surface area contributed by atoms with Crippen molar-refractivity contribution in [1.82, 2.24) is 0 Å². The quantitative estimate of drug-likeness (QED) is 0.489. The molecule has 0 aliphatic rings. The van der Waals surface area contributed by atoms with Gasteiger partial charge in [0, 0.05) is 17.7 Å². The van der Waals surface area contributed by atoms with E-state index in [9.17, 15) is 19.7 Å². The third-order valence-electron chi connectivity index (χ3n) is 3.87. The molecule has 1 heterocycles. The van der Waals surface area contributed by atoms with Crippen LogP contribution in [0.5, 0.6) is 5.75 Å². The second-order valence-corrected chi connectivity index (χ2v) is 5.65. The minimum Gasteiger partial charge on any atom is -0.495 e. The average Bonchev–Trinajstić information content (AvgIpc) is 3.18. The van der Waals surface area contributed by atoms with Crippen molar-refractivity contribution in [3.8, 4) is 17.1 Å². The highest BCUT2D eigenvalue weighted by Gasteiger charge is 2.17. The van der Waals surface area contributed by atoms with Crippen molar-refractivity contribution in [2.24, 2.45) is 0 Å². The number of nitro benzene ring substituents is 1. The van der Waals surface area contributed by atoms with E-state index in [2.05, 4.69) is 5.32 Å². The molecule has 0 saturated carbocycles. The average molecular weight is 382 g/mol. The fourth-order valence-corrected chi connectivity index (χ4v) is 2.51. The Morgan fingerprint density at radius 3 is 2.61 bits per heavy atom. The maximum atomic E-state index is 12.5. The van der Waals surface area contributed by atoms with Gasteiger partial charge in [-0.3, -0.25) is 14.9 Å². The van der Waals surface area contributed by atoms with E-state index in [4.69, 9.17) is 14.3 Å². The number of nitro groups is 1. The fourth-order valence-electron chi connectivity index (χ4n) is 2.51. The van der Waals surface area contributed by atoms with Gasteiger partial charge in [0.05, 0.1) is 23.3 Å². The molecule has 0 unspecified atom stereocenters. The second-order valence-electron chi connectivity index (χ2n) is 5.65. The number of anilines is 1. The highest BCUT2D eigenvalue weighted by Crippen LogP contribution is 2.28. The Balaban J connectivity index is 1.85. The molecule has 0 aliphatic carbocycles. The topological polar surface area (TPSA) is 132 Å². The first-order valence-corrected chi connectivity index (χ1v) is 7.96. The van der Waals surface area contributed by atoms with Gasteiger partial charge in [0.2, 0.25) is 0 Å². The van der Waals surface area contributed by atoms with Crippen molar-refractivity contribution in [2.45, 2.75) is 0 Å². The van der Waals surface area contributed by atoms with Crippen LogP contribution in [0, 0.1) is 10.1 Å². The Morgan fingerprint density at radius 2 is 1.93 bits per heavy atom. The van der Waals surface area contributed by atoms with Crippen LogP contribution in [-0.2, 0) is 0 Å². The molecule has 0 aliphatic heterocycles. The van der Waals surface area contributed by atoms with Gasteiger partial charge in [0.1, 0.15) is 11.5 Å². The number of carboxylic acid groups (broad SMARTS) is 1. The zero-order valence-electron chi connectivity index (χ0n) is 14.5. The summed E-state index contributed by atoms with van der Waals surface area (Å²) in [6.45, 7) is 0. The summed E-state index contributed by atoms with van der Waals surface area (Å²) in [5.74, 6) is -1.27. The van der Waals surface area contributed by atoms with Crippen molar-refractivity contribution in [1.29, 1.82) is 0 Å². The largest absolute Gasteiger partial charge is 0.495 e. The van der Waals surface area contributed by atoms with Crippen molar-refractivity contribution in [3.63, 3.8) is 0 Å². The Kier molecular flexibility index (Phi) is 5.07. The fraction of sp³-hybridized carbons (Fsp3) is 0.0526. The molecule has 142 valence electrons. The molecule has 0 saturated heterocycles. The van der Waals surface area contributed by atoms with Crippen LogP contribution in [-0.4, -0.2) is 29.0 Å². The maximum Gasteiger partial charge on any atom is 0.335 e. The Labute approximate surface area is 158 Å². The number of amides is 1. The highest BCUT2D eigenvalue weighted by molar-refractivity contribution is 6.04. The van der Waals surface area contributed by atoms with Crippen LogP contribution in [0.25, 0.3) is 11.3 Å². The van der Waals surface area contributed by atoms with Gasteiger partial charge in [-0.2, -0.15) is 0 Å². The predicted molar refractivity (Wildman–Crippen MR) is 98.7 cm³/mol. The molecule has 1 aromatic heterocycles. The van der Waals surface area contributed by atoms with Gasteiger partial charge in [0.25, 0.3) is 11.6 Å². The number of nitrogens with zero attached hydrogens (tertiary/aromatic N) is 1. The molecule has 0 radical (unpaired) electrons. The van der Waals surface area contributed by atoms with Gasteiger partial charge in [0.15, 0.2) is 5.76 Å². The summed E-state index contributed by atoms with van der Waals surface area (Å²) in [6.07, 6.45) is 0. The number of rotatable bonds is 6. The van der Waals surface area contributed by atoms with Crippen LogP contribution in [0.4, 0.5) is 11.4 Å². The van der Waals surface area contributed by atoms with E-state index in [0.717, 1.165) is 0 Å². The summed E-state index contributed by atoms with van der Waals surface area (Å²) in [5.41, 5.74) is 0.488. The number of furan rings is 1. The molecule has 0 spiro atoms. The number of methoxy groups -OCH3 is 1. The second kappa shape index (κ2) is 7.62. The molecule has 1 amide bonds. The van der Waals surface area contributed by atoms with Gasteiger partial charge in [-0.15, -0.1) is 0 Å². The molecule has 28 heavy (non-hydrogen) atoms. The van der Waals surface area contributed by atoms with Crippen LogP contribution in [0.15, 0.2) is 59.0 Å². The van der Waals surface area contributed by atoms with E-state index in [-0.39, 0.29) is 34.2 Å². The summed E-state index contributed by atoms with van der Waals surface area (Å²) in [7, 11) is 1.39. The Hall–Kier alpha value is -4.14. The first kappa shape index (κ1) is 18.6. The molecule has 0 fully saturated rings. The number of nitrogens with one attached hydrogen (secondary N) is 1. The lowest BCUT2D eigenvalue weighted by Crippen LogP contribution is -2.12. The molecule has 0 atom stereocenters. The van der Waals surface area contributed by atoms with E-state index >= 15 is 0 Å². The van der Waals surface area contributed by atoms with Crippen LogP contribution in [0.2, 0.25) is 0 Å². The molecule has 3 aromatic rings. The van der Waals surface area contributed by atoms with Gasteiger partial charge in [-0.05, 0) is 30.3 Å². The zero-order chi connectivity index (χ0) is 20.3. The lowest BCUT2D eigenvalue weighted by Gasteiger charge is -2.10. The summed E-state index contributed by atoms with van der Waals surface area (Å²) in [4.78, 5) is 34.0. The molecular weight excluding hydrogens is 368 g/mol. The van der Waals surface area contributed by atoms with Crippen LogP contribution >= 0.6 is 0 Å². The smallest absolute Gasteiger partial charge is 0.335 e. The molecular formula is C19H14N2O7. The molecule has 9 nitrogen and oxygen atoms in total. The van der Waals surface area contributed by atoms with Crippen LogP contribution < -0.4 is 10.1 Å². The zero-order valence-corrected chi connectivity index (χ0v) is 14.5. The number of non-ortho nitro benzene ring substituents is 1. The van der Waals surface area contributed by atoms with Crippen molar-refractivity contribution >= 4 is 23.3 Å². The summed E-state index contributed by atoms with van der Waals surface area (Å²) in [6, 6.07) is 12.8. The number of carboxylic acids is 1. The molecule has 0 bridgehead atoms. The number of hydrogen-bond donors (Lipinski definition) is 2. The number of hydrogen-bond acceptors (Lipinski definition) is 6. The Bertz CT molecular complexity index is 1070. The SMILES string of the molecule is COc1ccc(C(=O)O)cc1NC(=O)c1ccc(-c2cccc([N+](=O)[O-])c2)o1. The monoisotopic (exact) mass is 382 g/mol. The number of carbonyl (C=O) groups excluding carboxylic acids is 1. The lowest BCUT2D eigenvalue weighted by atomic mass is 10.1. The number of carbonyl (C=O) groups is 2. The van der Waals surface area contributed by atoms with E-state index in [0.29, 0.717) is 5.56 Å². The van der Waals surface area contributed by atoms with E-state index in [1.807, 2.05) is 0 Å². The minimum atomic E-state index is -1.15. The summed E-state index contributed by atoms with van der Waals surface area (Å²) < 4.78 is 10.6. The normalized spacial score (nSPS) is 10.3. The number of aromatic carboxylic acids is 1. The number of ether oxygens (including phenoxy) is 1. The first-order chi connectivity index (χ1) is 13.4. The lowest BCUT2D eigenvalue weighted by molar-refractivity contribution is -0.384. The highest BCUT2D eigenvalue weighted by atomic mass is 16.6. The van der Waals surface area contributed by atoms with Gasteiger partial charge in [-0.1, -0.05) is 12.1 Å². The maximum absolute atomic E-state index is 12.5. The van der Waals surface area contributed by atoms with Crippen molar-refractivity contribution in [2.75, 3.05) is 12.4 Å². The third kappa shape index (κ3) is 3.83. The minimum absolute atomic E-state index is 0.0205. The summed E-state index contributed by atoms with van der Waals surface area (Å²) in [5, 5.41) is 22.5. The van der Waals surface area contributed by atoms with Gasteiger partial charge >= 0.3 is 5.97 Å². The molecule has 2 aromatic carbocycles. The predicted octanol–water partition coefficient (Wildman–Crippen LogP) is 3.81. The van der Waals surface area contributed by atoms with Crippen molar-refractivity contribution < 1.29 is 28.8 Å². The molecule has 9 heteroatoms. The standard InChI is InChI=1S/C19H14N2O7/c1-27-16-6-5-12(19(23)24)10-14(16)20-18(22)17-8-7-15(28-17)11-3-2-4-13(9-11)21(25)26/h2-10H,1H3,(H,20,22)(H,23,24). The van der Waals surface area contributed by atoms with Gasteiger partial charge in [-0.25, -0.2) is 4.79 Å². The number of benzene rings is 2. The summed E-state index contributed by atoms with van der Waals surface area (Å²) >= 11 is 0. The van der Waals surface area contributed by atoms with Crippen molar-refractivity contribution in [3.05, 3.63) is 76.0 Å². The van der Waals surface area contributed by atoms with E-state index < -0.39 is 16.8 Å². The third-order valence-corrected chi connectivity index (χ3v) is 3.87. The van der Waals surface area contributed by atoms with Gasteiger partial charge < -0.3 is 19.6 Å². The van der Waals surface area contributed by atoms with E-state index in [1.165, 1.54) is 55.6 Å². The molecule has 2 N–H and O–H groups in total. The first-order valence-electron chi connectivity index (χ1n) is 7.96. The van der Waals surface area contributed by atoms with Crippen LogP contribution in [0.1, 0.15) is 20.9 Å². The van der Waals surface area contributed by atoms with E-state index in [1.54, 1.807) is 6.07 Å². The van der Waals surface area contributed by atoms with Crippen LogP contribution in [0.3, 0.4) is 0 Å². The molecule has 3 rings (SSSR count).